The summed E-state index contributed by atoms with van der Waals surface area (Å²) in [6.45, 7) is 6.30. The molecule has 0 saturated carbocycles. The fraction of sp³-hybridized carbons (Fsp3) is 0.900. The first-order valence-electron chi connectivity index (χ1n) is 5.01. The van der Waals surface area contributed by atoms with Crippen molar-refractivity contribution in [1.82, 2.24) is 5.32 Å². The standard InChI is InChI=1S/C10H22N2O2/c1-5-6-10(2,3)12-9(13)8(7-11)14-4/h8H,5-7,11H2,1-4H3,(H,12,13). The molecule has 0 aromatic carbocycles. The first-order valence-corrected chi connectivity index (χ1v) is 5.01. The van der Waals surface area contributed by atoms with Crippen molar-refractivity contribution in [2.45, 2.75) is 45.3 Å². The molecule has 0 rings (SSSR count). The maximum Gasteiger partial charge on any atom is 0.250 e. The Morgan fingerprint density at radius 1 is 1.57 bits per heavy atom. The van der Waals surface area contributed by atoms with E-state index >= 15 is 0 Å². The average molecular weight is 202 g/mol. The van der Waals surface area contributed by atoms with Crippen LogP contribution in [0.4, 0.5) is 0 Å². The molecule has 0 fully saturated rings. The maximum atomic E-state index is 11.6. The lowest BCUT2D eigenvalue weighted by Gasteiger charge is -2.27. The number of carbonyl (C=O) groups excluding carboxylic acids is 1. The van der Waals surface area contributed by atoms with Crippen LogP contribution in [0.15, 0.2) is 0 Å². The van der Waals surface area contributed by atoms with Gasteiger partial charge in [0.2, 0.25) is 0 Å². The summed E-state index contributed by atoms with van der Waals surface area (Å²) in [6.07, 6.45) is 1.44. The van der Waals surface area contributed by atoms with Crippen molar-refractivity contribution in [2.75, 3.05) is 13.7 Å². The van der Waals surface area contributed by atoms with E-state index in [1.807, 2.05) is 13.8 Å². The third kappa shape index (κ3) is 4.58. The largest absolute Gasteiger partial charge is 0.370 e. The van der Waals surface area contributed by atoms with Crippen LogP contribution in [-0.4, -0.2) is 31.2 Å². The second kappa shape index (κ2) is 5.98. The van der Waals surface area contributed by atoms with Gasteiger partial charge in [-0.1, -0.05) is 13.3 Å². The number of carbonyl (C=O) groups is 1. The molecule has 0 spiro atoms. The van der Waals surface area contributed by atoms with Gasteiger partial charge < -0.3 is 15.8 Å². The van der Waals surface area contributed by atoms with Gasteiger partial charge in [0, 0.05) is 19.2 Å². The fourth-order valence-corrected chi connectivity index (χ4v) is 1.41. The second-order valence-electron chi connectivity index (χ2n) is 4.08. The van der Waals surface area contributed by atoms with Crippen molar-refractivity contribution in [3.05, 3.63) is 0 Å². The van der Waals surface area contributed by atoms with Gasteiger partial charge in [0.05, 0.1) is 0 Å². The first kappa shape index (κ1) is 13.4. The van der Waals surface area contributed by atoms with Crippen molar-refractivity contribution < 1.29 is 9.53 Å². The van der Waals surface area contributed by atoms with Crippen LogP contribution in [0.1, 0.15) is 33.6 Å². The smallest absolute Gasteiger partial charge is 0.250 e. The molecule has 1 amide bonds. The van der Waals surface area contributed by atoms with E-state index < -0.39 is 6.10 Å². The number of nitrogens with two attached hydrogens (primary N) is 1. The molecular weight excluding hydrogens is 180 g/mol. The minimum Gasteiger partial charge on any atom is -0.370 e. The van der Waals surface area contributed by atoms with Gasteiger partial charge in [0.25, 0.3) is 5.91 Å². The highest BCUT2D eigenvalue weighted by Crippen LogP contribution is 2.10. The Bertz CT molecular complexity index is 177. The van der Waals surface area contributed by atoms with E-state index in [9.17, 15) is 4.79 Å². The van der Waals surface area contributed by atoms with Crippen LogP contribution >= 0.6 is 0 Å². The van der Waals surface area contributed by atoms with Gasteiger partial charge in [-0.3, -0.25) is 4.79 Å². The fourth-order valence-electron chi connectivity index (χ4n) is 1.41. The predicted octanol–water partition coefficient (Wildman–Crippen LogP) is 0.655. The first-order chi connectivity index (χ1) is 6.46. The molecule has 84 valence electrons. The van der Waals surface area contributed by atoms with E-state index in [-0.39, 0.29) is 18.0 Å². The van der Waals surface area contributed by atoms with E-state index in [1.54, 1.807) is 0 Å². The zero-order valence-corrected chi connectivity index (χ0v) is 9.59. The molecule has 0 bridgehead atoms. The molecule has 0 saturated heterocycles. The van der Waals surface area contributed by atoms with Gasteiger partial charge in [0.1, 0.15) is 6.10 Å². The Morgan fingerprint density at radius 2 is 2.14 bits per heavy atom. The summed E-state index contributed by atoms with van der Waals surface area (Å²) in [5.41, 5.74) is 5.21. The van der Waals surface area contributed by atoms with E-state index in [1.165, 1.54) is 7.11 Å². The van der Waals surface area contributed by atoms with Crippen LogP contribution in [0.3, 0.4) is 0 Å². The Hall–Kier alpha value is -0.610. The molecule has 0 aliphatic rings. The summed E-state index contributed by atoms with van der Waals surface area (Å²) in [6, 6.07) is 0. The van der Waals surface area contributed by atoms with E-state index in [4.69, 9.17) is 10.5 Å². The van der Waals surface area contributed by atoms with Crippen molar-refractivity contribution in [3.63, 3.8) is 0 Å². The quantitative estimate of drug-likeness (QED) is 0.665. The van der Waals surface area contributed by atoms with Crippen molar-refractivity contribution in [1.29, 1.82) is 0 Å². The molecule has 1 unspecified atom stereocenters. The summed E-state index contributed by atoms with van der Waals surface area (Å²) < 4.78 is 4.95. The monoisotopic (exact) mass is 202 g/mol. The van der Waals surface area contributed by atoms with Crippen molar-refractivity contribution in [2.24, 2.45) is 5.73 Å². The Balaban J connectivity index is 4.15. The lowest BCUT2D eigenvalue weighted by Crippen LogP contribution is -2.50. The number of methoxy groups -OCH3 is 1. The zero-order chi connectivity index (χ0) is 11.2. The number of nitrogens with one attached hydrogen (secondary N) is 1. The summed E-state index contributed by atoms with van der Waals surface area (Å²) >= 11 is 0. The molecule has 4 heteroatoms. The highest BCUT2D eigenvalue weighted by molar-refractivity contribution is 5.81. The maximum absolute atomic E-state index is 11.6. The molecule has 0 aromatic rings. The molecule has 0 aliphatic carbocycles. The van der Waals surface area contributed by atoms with Crippen LogP contribution in [0.2, 0.25) is 0 Å². The summed E-state index contributed by atoms with van der Waals surface area (Å²) in [7, 11) is 1.49. The number of hydrogen-bond acceptors (Lipinski definition) is 3. The molecule has 0 aromatic heterocycles. The molecule has 0 heterocycles. The van der Waals surface area contributed by atoms with Gasteiger partial charge in [-0.05, 0) is 20.3 Å². The highest BCUT2D eigenvalue weighted by Gasteiger charge is 2.23. The van der Waals surface area contributed by atoms with Crippen LogP contribution < -0.4 is 11.1 Å². The number of rotatable bonds is 6. The molecule has 0 radical (unpaired) electrons. The Morgan fingerprint density at radius 3 is 2.50 bits per heavy atom. The third-order valence-corrected chi connectivity index (χ3v) is 2.13. The Kier molecular flexibility index (Phi) is 5.72. The molecule has 3 N–H and O–H groups in total. The third-order valence-electron chi connectivity index (χ3n) is 2.13. The summed E-state index contributed by atoms with van der Waals surface area (Å²) in [5, 5.41) is 2.92. The summed E-state index contributed by atoms with van der Waals surface area (Å²) in [4.78, 5) is 11.6. The molecule has 1 atom stereocenters. The van der Waals surface area contributed by atoms with Crippen molar-refractivity contribution in [3.8, 4) is 0 Å². The van der Waals surface area contributed by atoms with Crippen LogP contribution in [0.5, 0.6) is 0 Å². The van der Waals surface area contributed by atoms with Gasteiger partial charge in [-0.25, -0.2) is 0 Å². The van der Waals surface area contributed by atoms with Gasteiger partial charge in [0.15, 0.2) is 0 Å². The molecule has 0 aliphatic heterocycles. The normalized spacial score (nSPS) is 13.8. The lowest BCUT2D eigenvalue weighted by molar-refractivity contribution is -0.132. The van der Waals surface area contributed by atoms with Gasteiger partial charge >= 0.3 is 0 Å². The number of ether oxygens (including phenoxy) is 1. The lowest BCUT2D eigenvalue weighted by atomic mass is 9.98. The van der Waals surface area contributed by atoms with Gasteiger partial charge in [-0.15, -0.1) is 0 Å². The number of amides is 1. The van der Waals surface area contributed by atoms with E-state index in [0.717, 1.165) is 12.8 Å². The molecule has 14 heavy (non-hydrogen) atoms. The zero-order valence-electron chi connectivity index (χ0n) is 9.59. The van der Waals surface area contributed by atoms with E-state index in [0.29, 0.717) is 0 Å². The highest BCUT2D eigenvalue weighted by atomic mass is 16.5. The SMILES string of the molecule is CCCC(C)(C)NC(=O)C(CN)OC. The number of hydrogen-bond donors (Lipinski definition) is 2. The minimum absolute atomic E-state index is 0.131. The average Bonchev–Trinajstić information content (AvgIpc) is 2.04. The Labute approximate surface area is 86.2 Å². The molecule has 4 nitrogen and oxygen atoms in total. The topological polar surface area (TPSA) is 64.4 Å². The predicted molar refractivity (Wildman–Crippen MR) is 57.0 cm³/mol. The second-order valence-corrected chi connectivity index (χ2v) is 4.08. The van der Waals surface area contributed by atoms with Gasteiger partial charge in [-0.2, -0.15) is 0 Å². The van der Waals surface area contributed by atoms with Crippen LogP contribution in [-0.2, 0) is 9.53 Å². The van der Waals surface area contributed by atoms with E-state index in [2.05, 4.69) is 12.2 Å². The van der Waals surface area contributed by atoms with Crippen LogP contribution in [0.25, 0.3) is 0 Å². The van der Waals surface area contributed by atoms with Crippen molar-refractivity contribution >= 4 is 5.91 Å². The van der Waals surface area contributed by atoms with Crippen LogP contribution in [0, 0.1) is 0 Å². The molecular formula is C10H22N2O2. The minimum atomic E-state index is -0.536. The summed E-state index contributed by atoms with van der Waals surface area (Å²) in [5.74, 6) is -0.131.